The van der Waals surface area contributed by atoms with Crippen LogP contribution in [0.4, 0.5) is 5.69 Å². The molecule has 6 heteroatoms. The van der Waals surface area contributed by atoms with Gasteiger partial charge in [0.15, 0.2) is 0 Å². The number of nitrogens with one attached hydrogen (secondary N) is 1. The van der Waals surface area contributed by atoms with Crippen molar-refractivity contribution in [3.8, 4) is 5.75 Å². The Kier molecular flexibility index (Phi) is 6.06. The SMILES string of the molecule is COC(=O)c1cc(NC(=O)[C@](C)(OC)C2CC2)ccc1OCC(C)C. The summed E-state index contributed by atoms with van der Waals surface area (Å²) in [5.41, 5.74) is -0.0733. The van der Waals surface area contributed by atoms with Gasteiger partial charge in [-0.05, 0) is 49.8 Å². The summed E-state index contributed by atoms with van der Waals surface area (Å²) in [7, 11) is 2.86. The molecule has 1 atom stereocenters. The molecular formula is C19H27NO5. The van der Waals surface area contributed by atoms with Crippen LogP contribution in [0, 0.1) is 11.8 Å². The van der Waals surface area contributed by atoms with E-state index in [2.05, 4.69) is 5.32 Å². The number of benzene rings is 1. The van der Waals surface area contributed by atoms with Gasteiger partial charge in [0.1, 0.15) is 16.9 Å². The number of hydrogen-bond acceptors (Lipinski definition) is 5. The summed E-state index contributed by atoms with van der Waals surface area (Å²) < 4.78 is 16.0. The number of ether oxygens (including phenoxy) is 3. The van der Waals surface area contributed by atoms with E-state index in [1.807, 2.05) is 13.8 Å². The van der Waals surface area contributed by atoms with Gasteiger partial charge in [0.2, 0.25) is 0 Å². The van der Waals surface area contributed by atoms with Crippen LogP contribution in [0.15, 0.2) is 18.2 Å². The number of esters is 1. The summed E-state index contributed by atoms with van der Waals surface area (Å²) in [5, 5.41) is 2.84. The van der Waals surface area contributed by atoms with Crippen LogP contribution in [0.3, 0.4) is 0 Å². The standard InChI is InChI=1S/C19H27NO5/c1-12(2)11-25-16-9-8-14(10-15(16)17(21)23-4)20-18(22)19(3,24-5)13-6-7-13/h8-10,12-13H,6-7,11H2,1-5H3,(H,20,22)/t19-/m1/s1. The minimum Gasteiger partial charge on any atom is -0.492 e. The topological polar surface area (TPSA) is 73.9 Å². The quantitative estimate of drug-likeness (QED) is 0.729. The van der Waals surface area contributed by atoms with Crippen molar-refractivity contribution < 1.29 is 23.8 Å². The Hall–Kier alpha value is -2.08. The van der Waals surface area contributed by atoms with Crippen LogP contribution in [-0.2, 0) is 14.3 Å². The smallest absolute Gasteiger partial charge is 0.341 e. The zero-order chi connectivity index (χ0) is 18.6. The largest absolute Gasteiger partial charge is 0.492 e. The predicted octanol–water partition coefficient (Wildman–Crippen LogP) is 3.26. The number of carbonyl (C=O) groups excluding carboxylic acids is 2. The highest BCUT2D eigenvalue weighted by Crippen LogP contribution is 2.42. The molecule has 1 aliphatic rings. The first-order chi connectivity index (χ1) is 11.8. The lowest BCUT2D eigenvalue weighted by atomic mass is 9.99. The lowest BCUT2D eigenvalue weighted by Crippen LogP contribution is -2.44. The number of rotatable bonds is 8. The number of methoxy groups -OCH3 is 2. The Bertz CT molecular complexity index is 639. The molecule has 0 aromatic heterocycles. The molecule has 1 saturated carbocycles. The monoisotopic (exact) mass is 349 g/mol. The van der Waals surface area contributed by atoms with Gasteiger partial charge in [0.05, 0.1) is 13.7 Å². The molecule has 0 radical (unpaired) electrons. The van der Waals surface area contributed by atoms with Crippen molar-refractivity contribution in [1.82, 2.24) is 0 Å². The van der Waals surface area contributed by atoms with Gasteiger partial charge < -0.3 is 19.5 Å². The average molecular weight is 349 g/mol. The van der Waals surface area contributed by atoms with Crippen molar-refractivity contribution in [2.45, 2.75) is 39.2 Å². The number of carbonyl (C=O) groups is 2. The molecule has 25 heavy (non-hydrogen) atoms. The Morgan fingerprint density at radius 3 is 2.48 bits per heavy atom. The minimum atomic E-state index is -0.863. The van der Waals surface area contributed by atoms with Crippen molar-refractivity contribution in [3.05, 3.63) is 23.8 Å². The Morgan fingerprint density at radius 1 is 1.28 bits per heavy atom. The third-order valence-electron chi connectivity index (χ3n) is 4.45. The maximum atomic E-state index is 12.6. The van der Waals surface area contributed by atoms with Gasteiger partial charge in [0.25, 0.3) is 5.91 Å². The summed E-state index contributed by atoms with van der Waals surface area (Å²) in [4.78, 5) is 24.7. The van der Waals surface area contributed by atoms with Crippen molar-refractivity contribution >= 4 is 17.6 Å². The van der Waals surface area contributed by atoms with Crippen LogP contribution in [0.1, 0.15) is 44.0 Å². The second-order valence-corrected chi connectivity index (χ2v) is 6.95. The fourth-order valence-corrected chi connectivity index (χ4v) is 2.59. The lowest BCUT2D eigenvalue weighted by Gasteiger charge is -2.26. The Morgan fingerprint density at radius 2 is 1.96 bits per heavy atom. The first kappa shape index (κ1) is 19.2. The van der Waals surface area contributed by atoms with E-state index in [0.29, 0.717) is 24.0 Å². The Balaban J connectivity index is 2.21. The van der Waals surface area contributed by atoms with Crippen molar-refractivity contribution in [3.63, 3.8) is 0 Å². The Labute approximate surface area is 148 Å². The van der Waals surface area contributed by atoms with E-state index in [1.54, 1.807) is 32.2 Å². The molecule has 1 aromatic carbocycles. The van der Waals surface area contributed by atoms with Gasteiger partial charge in [-0.3, -0.25) is 4.79 Å². The summed E-state index contributed by atoms with van der Waals surface area (Å²) in [6.07, 6.45) is 1.96. The van der Waals surface area contributed by atoms with Crippen LogP contribution in [0.2, 0.25) is 0 Å². The minimum absolute atomic E-state index is 0.218. The molecule has 0 saturated heterocycles. The van der Waals surface area contributed by atoms with Crippen LogP contribution in [-0.4, -0.2) is 38.3 Å². The second-order valence-electron chi connectivity index (χ2n) is 6.95. The molecule has 138 valence electrons. The van der Waals surface area contributed by atoms with E-state index in [1.165, 1.54) is 7.11 Å². The highest BCUT2D eigenvalue weighted by Gasteiger charge is 2.47. The van der Waals surface area contributed by atoms with E-state index in [9.17, 15) is 9.59 Å². The number of anilines is 1. The zero-order valence-electron chi connectivity index (χ0n) is 15.5. The van der Waals surface area contributed by atoms with Gasteiger partial charge in [-0.15, -0.1) is 0 Å². The maximum absolute atomic E-state index is 12.6. The molecule has 0 heterocycles. The summed E-state index contributed by atoms with van der Waals surface area (Å²) in [5.74, 6) is 0.267. The zero-order valence-corrected chi connectivity index (χ0v) is 15.5. The molecule has 1 fully saturated rings. The predicted molar refractivity (Wildman–Crippen MR) is 94.9 cm³/mol. The average Bonchev–Trinajstić information content (AvgIpc) is 3.44. The van der Waals surface area contributed by atoms with Crippen LogP contribution in [0.5, 0.6) is 5.75 Å². The number of amides is 1. The van der Waals surface area contributed by atoms with Crippen molar-refractivity contribution in [2.75, 3.05) is 26.1 Å². The van der Waals surface area contributed by atoms with Crippen LogP contribution in [0.25, 0.3) is 0 Å². The molecule has 1 aliphatic carbocycles. The first-order valence-electron chi connectivity index (χ1n) is 8.53. The third kappa shape index (κ3) is 4.51. The summed E-state index contributed by atoms with van der Waals surface area (Å²) in [6, 6.07) is 4.96. The maximum Gasteiger partial charge on any atom is 0.341 e. The molecule has 6 nitrogen and oxygen atoms in total. The van der Waals surface area contributed by atoms with Crippen molar-refractivity contribution in [1.29, 1.82) is 0 Å². The molecule has 0 aliphatic heterocycles. The molecule has 1 amide bonds. The van der Waals surface area contributed by atoms with Crippen LogP contribution < -0.4 is 10.1 Å². The highest BCUT2D eigenvalue weighted by molar-refractivity contribution is 5.99. The molecule has 0 bridgehead atoms. The van der Waals surface area contributed by atoms with E-state index >= 15 is 0 Å². The van der Waals surface area contributed by atoms with Gasteiger partial charge in [0, 0.05) is 12.8 Å². The van der Waals surface area contributed by atoms with Gasteiger partial charge >= 0.3 is 5.97 Å². The van der Waals surface area contributed by atoms with Gasteiger partial charge in [-0.1, -0.05) is 13.8 Å². The molecule has 1 N–H and O–H groups in total. The molecular weight excluding hydrogens is 322 g/mol. The summed E-state index contributed by atoms with van der Waals surface area (Å²) >= 11 is 0. The second kappa shape index (κ2) is 7.87. The fraction of sp³-hybridized carbons (Fsp3) is 0.579. The first-order valence-corrected chi connectivity index (χ1v) is 8.53. The molecule has 2 rings (SSSR count). The lowest BCUT2D eigenvalue weighted by molar-refractivity contribution is -0.138. The van der Waals surface area contributed by atoms with Gasteiger partial charge in [-0.2, -0.15) is 0 Å². The van der Waals surface area contributed by atoms with E-state index in [4.69, 9.17) is 14.2 Å². The van der Waals surface area contributed by atoms with Gasteiger partial charge in [-0.25, -0.2) is 4.79 Å². The fourth-order valence-electron chi connectivity index (χ4n) is 2.59. The molecule has 0 spiro atoms. The van der Waals surface area contributed by atoms with E-state index in [0.717, 1.165) is 12.8 Å². The normalized spacial score (nSPS) is 16.2. The highest BCUT2D eigenvalue weighted by atomic mass is 16.5. The summed E-state index contributed by atoms with van der Waals surface area (Å²) in [6.45, 7) is 6.33. The van der Waals surface area contributed by atoms with Crippen LogP contribution >= 0.6 is 0 Å². The molecule has 0 unspecified atom stereocenters. The molecule has 1 aromatic rings. The van der Waals surface area contributed by atoms with E-state index in [-0.39, 0.29) is 17.4 Å². The van der Waals surface area contributed by atoms with E-state index < -0.39 is 11.6 Å². The van der Waals surface area contributed by atoms with Crippen molar-refractivity contribution in [2.24, 2.45) is 11.8 Å². The number of hydrogen-bond donors (Lipinski definition) is 1. The third-order valence-corrected chi connectivity index (χ3v) is 4.45.